The van der Waals surface area contributed by atoms with Gasteiger partial charge < -0.3 is 14.8 Å². The summed E-state index contributed by atoms with van der Waals surface area (Å²) in [7, 11) is 1.65. The normalized spacial score (nSPS) is 10.4. The molecule has 5 nitrogen and oxygen atoms in total. The summed E-state index contributed by atoms with van der Waals surface area (Å²) in [4.78, 5) is 0. The fourth-order valence-corrected chi connectivity index (χ4v) is 3.20. The summed E-state index contributed by atoms with van der Waals surface area (Å²) in [6, 6.07) is 7.58. The number of hydrogen-bond donors (Lipinski definition) is 1. The zero-order chi connectivity index (χ0) is 14.9. The number of thioether (sulfide) groups is 1. The lowest BCUT2D eigenvalue weighted by Gasteiger charge is -2.05. The average molecular weight is 325 g/mol. The maximum Gasteiger partial charge on any atom is 0.206 e. The van der Waals surface area contributed by atoms with E-state index in [1.807, 2.05) is 24.3 Å². The van der Waals surface area contributed by atoms with E-state index in [4.69, 9.17) is 9.47 Å². The van der Waals surface area contributed by atoms with Gasteiger partial charge in [0, 0.05) is 12.3 Å². The van der Waals surface area contributed by atoms with Gasteiger partial charge in [-0.1, -0.05) is 30.0 Å². The topological polar surface area (TPSA) is 56.3 Å². The molecule has 0 aliphatic heterocycles. The highest BCUT2D eigenvalue weighted by Gasteiger charge is 2.04. The van der Waals surface area contributed by atoms with Crippen LogP contribution in [0.15, 0.2) is 28.6 Å². The van der Waals surface area contributed by atoms with Crippen LogP contribution in [0.4, 0.5) is 5.13 Å². The molecule has 0 aliphatic carbocycles. The summed E-state index contributed by atoms with van der Waals surface area (Å²) in [5, 5.41) is 12.3. The van der Waals surface area contributed by atoms with Crippen LogP contribution < -0.4 is 14.8 Å². The maximum atomic E-state index is 5.66. The molecule has 0 radical (unpaired) electrons. The van der Waals surface area contributed by atoms with Crippen LogP contribution >= 0.6 is 23.1 Å². The van der Waals surface area contributed by atoms with Gasteiger partial charge in [-0.05, 0) is 30.7 Å². The molecule has 2 aromatic rings. The molecule has 0 saturated heterocycles. The van der Waals surface area contributed by atoms with Gasteiger partial charge in [-0.2, -0.15) is 0 Å². The molecule has 21 heavy (non-hydrogen) atoms. The molecule has 0 amide bonds. The average Bonchev–Trinajstić information content (AvgIpc) is 2.98. The molecule has 1 aromatic heterocycles. The van der Waals surface area contributed by atoms with Crippen LogP contribution in [0.2, 0.25) is 0 Å². The number of methoxy groups -OCH3 is 1. The summed E-state index contributed by atoms with van der Waals surface area (Å²) in [5.41, 5.74) is 0. The zero-order valence-electron chi connectivity index (χ0n) is 12.2. The van der Waals surface area contributed by atoms with Crippen molar-refractivity contribution in [1.82, 2.24) is 10.2 Å². The number of rotatable bonds is 9. The van der Waals surface area contributed by atoms with Gasteiger partial charge in [0.05, 0.1) is 13.7 Å². The van der Waals surface area contributed by atoms with E-state index in [-0.39, 0.29) is 0 Å². The first-order valence-electron chi connectivity index (χ1n) is 6.79. The van der Waals surface area contributed by atoms with Crippen molar-refractivity contribution in [2.24, 2.45) is 0 Å². The molecule has 1 aromatic carbocycles. The first-order chi connectivity index (χ1) is 10.3. The minimum Gasteiger partial charge on any atom is -0.497 e. The van der Waals surface area contributed by atoms with E-state index in [9.17, 15) is 0 Å². The Hall–Kier alpha value is -1.47. The van der Waals surface area contributed by atoms with Gasteiger partial charge in [-0.15, -0.1) is 10.2 Å². The highest BCUT2D eigenvalue weighted by molar-refractivity contribution is 8.01. The third-order valence-corrected chi connectivity index (χ3v) is 4.55. The second-order valence-corrected chi connectivity index (χ2v) is 6.49. The summed E-state index contributed by atoms with van der Waals surface area (Å²) in [6.07, 6.45) is 1.08. The minimum absolute atomic E-state index is 0.633. The second-order valence-electron chi connectivity index (χ2n) is 4.17. The number of benzene rings is 1. The van der Waals surface area contributed by atoms with Crippen molar-refractivity contribution in [3.63, 3.8) is 0 Å². The highest BCUT2D eigenvalue weighted by Crippen LogP contribution is 2.25. The zero-order valence-corrected chi connectivity index (χ0v) is 13.8. The Morgan fingerprint density at radius 1 is 1.19 bits per heavy atom. The van der Waals surface area contributed by atoms with E-state index in [1.54, 1.807) is 30.2 Å². The molecule has 1 N–H and O–H groups in total. The smallest absolute Gasteiger partial charge is 0.206 e. The monoisotopic (exact) mass is 325 g/mol. The van der Waals surface area contributed by atoms with Crippen molar-refractivity contribution in [3.8, 4) is 11.5 Å². The van der Waals surface area contributed by atoms with Crippen LogP contribution in [-0.4, -0.2) is 36.2 Å². The van der Waals surface area contributed by atoms with E-state index in [0.717, 1.165) is 39.7 Å². The second kappa shape index (κ2) is 8.74. The van der Waals surface area contributed by atoms with Crippen molar-refractivity contribution in [2.45, 2.75) is 17.7 Å². The molecule has 0 atom stereocenters. The minimum atomic E-state index is 0.633. The van der Waals surface area contributed by atoms with Crippen LogP contribution in [0.3, 0.4) is 0 Å². The Kier molecular flexibility index (Phi) is 6.62. The van der Waals surface area contributed by atoms with Crippen LogP contribution in [0.25, 0.3) is 0 Å². The van der Waals surface area contributed by atoms with Crippen LogP contribution in [-0.2, 0) is 0 Å². The quantitative estimate of drug-likeness (QED) is 0.562. The van der Waals surface area contributed by atoms with Gasteiger partial charge in [0.15, 0.2) is 4.34 Å². The Balaban J connectivity index is 1.67. The van der Waals surface area contributed by atoms with Crippen molar-refractivity contribution in [3.05, 3.63) is 24.3 Å². The Bertz CT molecular complexity index is 531. The van der Waals surface area contributed by atoms with Crippen LogP contribution in [0.1, 0.15) is 13.3 Å². The molecule has 0 fully saturated rings. The lowest BCUT2D eigenvalue weighted by molar-refractivity contribution is 0.342. The Morgan fingerprint density at radius 3 is 2.67 bits per heavy atom. The number of anilines is 1. The Morgan fingerprint density at radius 2 is 1.95 bits per heavy atom. The molecule has 0 bridgehead atoms. The third kappa shape index (κ3) is 5.43. The van der Waals surface area contributed by atoms with Gasteiger partial charge >= 0.3 is 0 Å². The number of hydrogen-bond acceptors (Lipinski definition) is 7. The fourth-order valence-electron chi connectivity index (χ4n) is 1.53. The van der Waals surface area contributed by atoms with Crippen LogP contribution in [0, 0.1) is 0 Å². The van der Waals surface area contributed by atoms with Gasteiger partial charge in [0.25, 0.3) is 0 Å². The van der Waals surface area contributed by atoms with Crippen molar-refractivity contribution in [1.29, 1.82) is 0 Å². The number of nitrogens with zero attached hydrogens (tertiary/aromatic N) is 2. The van der Waals surface area contributed by atoms with Gasteiger partial charge in [0.1, 0.15) is 11.5 Å². The molecule has 114 valence electrons. The van der Waals surface area contributed by atoms with E-state index in [2.05, 4.69) is 22.4 Å². The number of nitrogens with one attached hydrogen (secondary N) is 1. The lowest BCUT2D eigenvalue weighted by atomic mass is 10.3. The van der Waals surface area contributed by atoms with Gasteiger partial charge in [-0.25, -0.2) is 0 Å². The summed E-state index contributed by atoms with van der Waals surface area (Å²) >= 11 is 3.24. The summed E-state index contributed by atoms with van der Waals surface area (Å²) in [6.45, 7) is 3.69. The number of ether oxygens (including phenoxy) is 2. The molecule has 0 unspecified atom stereocenters. The maximum absolute atomic E-state index is 5.66. The van der Waals surface area contributed by atoms with Crippen molar-refractivity contribution < 1.29 is 9.47 Å². The largest absolute Gasteiger partial charge is 0.497 e. The molecular formula is C14H19N3O2S2. The van der Waals surface area contributed by atoms with Crippen molar-refractivity contribution in [2.75, 3.05) is 31.3 Å². The fraction of sp³-hybridized carbons (Fsp3) is 0.429. The van der Waals surface area contributed by atoms with Crippen molar-refractivity contribution >= 4 is 28.2 Å². The molecule has 1 heterocycles. The summed E-state index contributed by atoms with van der Waals surface area (Å²) < 4.78 is 11.7. The first-order valence-corrected chi connectivity index (χ1v) is 8.59. The highest BCUT2D eigenvalue weighted by atomic mass is 32.2. The van der Waals surface area contributed by atoms with Gasteiger partial charge in [-0.3, -0.25) is 0 Å². The summed E-state index contributed by atoms with van der Waals surface area (Å²) in [5.74, 6) is 2.52. The number of aromatic nitrogens is 2. The molecule has 2 rings (SSSR count). The SMILES string of the molecule is CCCNc1nnc(SCCOc2ccc(OC)cc2)s1. The Labute approximate surface area is 133 Å². The molecule has 7 heteroatoms. The van der Waals surface area contributed by atoms with E-state index in [0.29, 0.717) is 6.61 Å². The molecular weight excluding hydrogens is 306 g/mol. The third-order valence-electron chi connectivity index (χ3n) is 2.57. The molecule has 0 spiro atoms. The van der Waals surface area contributed by atoms with E-state index < -0.39 is 0 Å². The first kappa shape index (κ1) is 15.9. The predicted molar refractivity (Wildman–Crippen MR) is 87.9 cm³/mol. The molecule has 0 aliphatic rings. The molecule has 0 saturated carbocycles. The van der Waals surface area contributed by atoms with Gasteiger partial charge in [0.2, 0.25) is 5.13 Å². The van der Waals surface area contributed by atoms with E-state index >= 15 is 0 Å². The lowest BCUT2D eigenvalue weighted by Crippen LogP contribution is -1.99. The standard InChI is InChI=1S/C14H19N3O2S2/c1-3-8-15-13-16-17-14(21-13)20-10-9-19-12-6-4-11(18-2)5-7-12/h4-7H,3,8-10H2,1-2H3,(H,15,16). The van der Waals surface area contributed by atoms with Crippen LogP contribution in [0.5, 0.6) is 11.5 Å². The predicted octanol–water partition coefficient (Wildman–Crippen LogP) is 3.54. The van der Waals surface area contributed by atoms with E-state index in [1.165, 1.54) is 0 Å².